The molecule has 5 heteroatoms. The van der Waals surface area contributed by atoms with Crippen LogP contribution in [0, 0.1) is 5.92 Å². The number of hydrazone groups is 1. The Morgan fingerprint density at radius 1 is 1.39 bits per heavy atom. The van der Waals surface area contributed by atoms with Gasteiger partial charge in [0.1, 0.15) is 0 Å². The lowest BCUT2D eigenvalue weighted by molar-refractivity contribution is 0.241. The fourth-order valence-electron chi connectivity index (χ4n) is 3.10. The molecule has 1 heterocycles. The summed E-state index contributed by atoms with van der Waals surface area (Å²) in [7, 11) is 2.06. The number of para-hydroxylation sites is 1. The van der Waals surface area contributed by atoms with Gasteiger partial charge in [-0.1, -0.05) is 32.0 Å². The molecule has 5 nitrogen and oxygen atoms in total. The first-order valence-electron chi connectivity index (χ1n) is 8.11. The van der Waals surface area contributed by atoms with E-state index in [4.69, 9.17) is 0 Å². The van der Waals surface area contributed by atoms with Gasteiger partial charge in [0.2, 0.25) is 0 Å². The zero-order valence-corrected chi connectivity index (χ0v) is 14.0. The van der Waals surface area contributed by atoms with Gasteiger partial charge in [-0.25, -0.2) is 10.2 Å². The van der Waals surface area contributed by atoms with E-state index in [2.05, 4.69) is 59.8 Å². The van der Waals surface area contributed by atoms with Crippen LogP contribution in [0.5, 0.6) is 0 Å². The molecule has 1 aromatic carbocycles. The first kappa shape index (κ1) is 15.6. The summed E-state index contributed by atoms with van der Waals surface area (Å²) >= 11 is 0. The van der Waals surface area contributed by atoms with E-state index in [9.17, 15) is 4.79 Å². The quantitative estimate of drug-likeness (QED) is 0.663. The van der Waals surface area contributed by atoms with Crippen molar-refractivity contribution in [1.29, 1.82) is 0 Å². The largest absolute Gasteiger partial charge is 0.347 e. The second-order valence-electron chi connectivity index (χ2n) is 6.80. The molecule has 0 atom stereocenters. The Bertz CT molecular complexity index is 659. The van der Waals surface area contributed by atoms with E-state index in [1.807, 2.05) is 12.1 Å². The summed E-state index contributed by atoms with van der Waals surface area (Å²) in [5, 5.41) is 6.82. The Morgan fingerprint density at radius 3 is 2.83 bits per heavy atom. The van der Waals surface area contributed by atoms with E-state index < -0.39 is 0 Å². The average molecular weight is 312 g/mol. The molecule has 0 spiro atoms. The van der Waals surface area contributed by atoms with Gasteiger partial charge in [0.15, 0.2) is 0 Å². The predicted molar refractivity (Wildman–Crippen MR) is 93.7 cm³/mol. The van der Waals surface area contributed by atoms with Crippen molar-refractivity contribution < 1.29 is 4.79 Å². The molecule has 1 saturated carbocycles. The molecular formula is C18H24N4O. The zero-order chi connectivity index (χ0) is 16.4. The van der Waals surface area contributed by atoms with Crippen LogP contribution in [0.4, 0.5) is 10.5 Å². The van der Waals surface area contributed by atoms with Crippen molar-refractivity contribution in [3.63, 3.8) is 0 Å². The Labute approximate surface area is 137 Å². The van der Waals surface area contributed by atoms with E-state index in [0.717, 1.165) is 12.2 Å². The lowest BCUT2D eigenvalue weighted by atomic mass is 9.84. The lowest BCUT2D eigenvalue weighted by Gasteiger charge is -2.23. The fourth-order valence-corrected chi connectivity index (χ4v) is 3.10. The van der Waals surface area contributed by atoms with Crippen molar-refractivity contribution >= 4 is 17.9 Å². The summed E-state index contributed by atoms with van der Waals surface area (Å²) < 4.78 is 0. The Hall–Kier alpha value is -2.30. The summed E-state index contributed by atoms with van der Waals surface area (Å²) in [5.74, 6) is 0.665. The second kappa shape index (κ2) is 6.07. The highest BCUT2D eigenvalue weighted by Gasteiger charge is 2.37. The molecule has 1 aliphatic heterocycles. The number of carbonyl (C=O) groups excluding carboxylic acids is 1. The van der Waals surface area contributed by atoms with Gasteiger partial charge in [0.25, 0.3) is 0 Å². The van der Waals surface area contributed by atoms with Gasteiger partial charge < -0.3 is 10.2 Å². The topological polar surface area (TPSA) is 56.7 Å². The normalized spacial score (nSPS) is 20.8. The summed E-state index contributed by atoms with van der Waals surface area (Å²) in [6.07, 6.45) is 6.05. The van der Waals surface area contributed by atoms with E-state index >= 15 is 0 Å². The van der Waals surface area contributed by atoms with Crippen molar-refractivity contribution in [3.8, 4) is 0 Å². The summed E-state index contributed by atoms with van der Waals surface area (Å²) in [6, 6.07) is 8.16. The van der Waals surface area contributed by atoms with Crippen LogP contribution in [-0.2, 0) is 5.41 Å². The van der Waals surface area contributed by atoms with Crippen molar-refractivity contribution in [1.82, 2.24) is 10.7 Å². The number of nitrogens with zero attached hydrogens (tertiary/aromatic N) is 2. The number of hydrogen-bond acceptors (Lipinski definition) is 3. The van der Waals surface area contributed by atoms with E-state index in [1.54, 1.807) is 6.21 Å². The molecule has 122 valence electrons. The molecule has 0 radical (unpaired) electrons. The number of hydrogen-bond donors (Lipinski definition) is 2. The first-order valence-corrected chi connectivity index (χ1v) is 8.11. The zero-order valence-electron chi connectivity index (χ0n) is 14.0. The van der Waals surface area contributed by atoms with Crippen molar-refractivity contribution in [2.24, 2.45) is 11.0 Å². The number of likely N-dealkylation sites (N-methyl/N-ethyl adjacent to an activating group) is 1. The molecule has 2 amide bonds. The Balaban J connectivity index is 1.63. The minimum absolute atomic E-state index is 0.0778. The molecule has 1 aliphatic carbocycles. The van der Waals surface area contributed by atoms with Crippen LogP contribution in [0.25, 0.3) is 0 Å². The Morgan fingerprint density at radius 2 is 2.13 bits per heavy atom. The second-order valence-corrected chi connectivity index (χ2v) is 6.80. The molecule has 1 fully saturated rings. The molecule has 0 unspecified atom stereocenters. The van der Waals surface area contributed by atoms with Gasteiger partial charge in [-0.3, -0.25) is 0 Å². The molecular weight excluding hydrogens is 288 g/mol. The smallest absolute Gasteiger partial charge is 0.335 e. The minimum atomic E-state index is -0.242. The molecule has 0 bridgehead atoms. The third-order valence-electron chi connectivity index (χ3n) is 4.66. The van der Waals surface area contributed by atoms with Gasteiger partial charge in [0.05, 0.1) is 0 Å². The fraction of sp³-hybridized carbons (Fsp3) is 0.444. The number of fused-ring (bicyclic) bond motifs is 1. The van der Waals surface area contributed by atoms with Crippen LogP contribution in [0.15, 0.2) is 41.1 Å². The molecule has 2 N–H and O–H groups in total. The number of urea groups is 1. The van der Waals surface area contributed by atoms with Crippen molar-refractivity contribution in [3.05, 3.63) is 41.6 Å². The summed E-state index contributed by atoms with van der Waals surface area (Å²) in [4.78, 5) is 13.7. The Kier molecular flexibility index (Phi) is 4.11. The highest BCUT2D eigenvalue weighted by Crippen LogP contribution is 2.46. The number of nitrogens with one attached hydrogen (secondary N) is 2. The van der Waals surface area contributed by atoms with Gasteiger partial charge in [-0.15, -0.1) is 0 Å². The maximum Gasteiger partial charge on any atom is 0.335 e. The standard InChI is InChI=1S/C18H24N4O/c1-18(2)14-6-4-5-7-15(14)22(3)16(18)10-11-20-21-17(23)19-12-13-8-9-13/h4-7,10-11,13H,8-9,12H2,1-3H3,(H2,19,21,23)/b16-10-,20-11+. The number of rotatable bonds is 4. The lowest BCUT2D eigenvalue weighted by Crippen LogP contribution is -2.33. The molecule has 2 aliphatic rings. The molecule has 0 aromatic heterocycles. The van der Waals surface area contributed by atoms with Crippen LogP contribution in [-0.4, -0.2) is 25.8 Å². The third kappa shape index (κ3) is 3.23. The van der Waals surface area contributed by atoms with E-state index in [0.29, 0.717) is 5.92 Å². The number of benzene rings is 1. The number of carbonyl (C=O) groups is 1. The van der Waals surface area contributed by atoms with Gasteiger partial charge in [0, 0.05) is 36.6 Å². The molecule has 1 aromatic rings. The van der Waals surface area contributed by atoms with Crippen LogP contribution in [0.2, 0.25) is 0 Å². The van der Waals surface area contributed by atoms with Crippen molar-refractivity contribution in [2.45, 2.75) is 32.1 Å². The predicted octanol–water partition coefficient (Wildman–Crippen LogP) is 2.99. The highest BCUT2D eigenvalue weighted by atomic mass is 16.2. The van der Waals surface area contributed by atoms with E-state index in [1.165, 1.54) is 24.1 Å². The monoisotopic (exact) mass is 312 g/mol. The summed E-state index contributed by atoms with van der Waals surface area (Å²) in [6.45, 7) is 5.14. The van der Waals surface area contributed by atoms with Crippen LogP contribution in [0.1, 0.15) is 32.3 Å². The molecule has 3 rings (SSSR count). The average Bonchev–Trinajstić information content (AvgIpc) is 3.33. The maximum atomic E-state index is 11.6. The van der Waals surface area contributed by atoms with Crippen LogP contribution < -0.4 is 15.6 Å². The van der Waals surface area contributed by atoms with Gasteiger partial charge >= 0.3 is 6.03 Å². The third-order valence-corrected chi connectivity index (χ3v) is 4.66. The first-order chi connectivity index (χ1) is 11.0. The van der Waals surface area contributed by atoms with Crippen LogP contribution >= 0.6 is 0 Å². The number of anilines is 1. The number of allylic oxidation sites excluding steroid dienone is 2. The molecule has 0 saturated heterocycles. The number of amides is 2. The summed E-state index contributed by atoms with van der Waals surface area (Å²) in [5.41, 5.74) is 6.10. The van der Waals surface area contributed by atoms with E-state index in [-0.39, 0.29) is 11.4 Å². The highest BCUT2D eigenvalue weighted by molar-refractivity contribution is 5.81. The van der Waals surface area contributed by atoms with Gasteiger partial charge in [-0.2, -0.15) is 5.10 Å². The molecule has 23 heavy (non-hydrogen) atoms. The maximum absolute atomic E-state index is 11.6. The SMILES string of the molecule is CN1/C(=C\C=N\NC(=O)NCC2CC2)C(C)(C)c2ccccc21. The van der Waals surface area contributed by atoms with Gasteiger partial charge in [-0.05, 0) is 36.5 Å². The minimum Gasteiger partial charge on any atom is -0.347 e. The van der Waals surface area contributed by atoms with Crippen molar-refractivity contribution in [2.75, 3.05) is 18.5 Å². The van der Waals surface area contributed by atoms with Crippen LogP contribution in [0.3, 0.4) is 0 Å².